The Morgan fingerprint density at radius 2 is 1.62 bits per heavy atom. The third-order valence-electron chi connectivity index (χ3n) is 3.20. The second-order valence-corrected chi connectivity index (χ2v) is 10.3. The molecule has 0 fully saturated rings. The molecule has 0 aliphatic rings. The Labute approximate surface area is 99.3 Å². The molecule has 0 radical (unpaired) electrons. The van der Waals surface area contributed by atoms with Gasteiger partial charge >= 0.3 is 0 Å². The molecular weight excluding hydrogens is 214 g/mol. The van der Waals surface area contributed by atoms with Gasteiger partial charge in [0.25, 0.3) is 8.32 Å². The fourth-order valence-corrected chi connectivity index (χ4v) is 1.99. The monoisotopic (exact) mass is 235 g/mol. The van der Waals surface area contributed by atoms with Gasteiger partial charge in [0.1, 0.15) is 0 Å². The second-order valence-electron chi connectivity index (χ2n) is 5.56. The highest BCUT2D eigenvalue weighted by molar-refractivity contribution is 6.75. The van der Waals surface area contributed by atoms with Crippen LogP contribution >= 0.6 is 0 Å². The van der Waals surface area contributed by atoms with Crippen LogP contribution in [0.1, 0.15) is 26.3 Å². The third kappa shape index (κ3) is 2.95. The van der Waals surface area contributed by atoms with Crippen molar-refractivity contribution >= 4 is 14.2 Å². The minimum atomic E-state index is -1.88. The van der Waals surface area contributed by atoms with E-state index in [0.717, 1.165) is 5.56 Å². The molecule has 0 spiro atoms. The van der Waals surface area contributed by atoms with Crippen molar-refractivity contribution in [1.82, 2.24) is 0 Å². The van der Waals surface area contributed by atoms with Crippen LogP contribution in [0.25, 0.3) is 0 Å². The Hall–Kier alpha value is -1.09. The van der Waals surface area contributed by atoms with Gasteiger partial charge in [0.15, 0.2) is 5.90 Å². The molecule has 88 valence electrons. The largest absolute Gasteiger partial charge is 0.531 e. The standard InChI is InChI=1S/C13H21NOSi/c1-13(2,3)16(4,5)15-12(14)11-9-7-6-8-10-11/h6-10,14H,1-5H3. The molecule has 1 aromatic carbocycles. The molecule has 0 aromatic heterocycles. The summed E-state index contributed by atoms with van der Waals surface area (Å²) < 4.78 is 5.91. The van der Waals surface area contributed by atoms with E-state index in [2.05, 4.69) is 33.9 Å². The van der Waals surface area contributed by atoms with Gasteiger partial charge in [0.05, 0.1) is 0 Å². The summed E-state index contributed by atoms with van der Waals surface area (Å²) in [6.07, 6.45) is 0. The van der Waals surface area contributed by atoms with Crippen molar-refractivity contribution in [3.05, 3.63) is 35.9 Å². The van der Waals surface area contributed by atoms with Crippen molar-refractivity contribution in [3.63, 3.8) is 0 Å². The zero-order valence-corrected chi connectivity index (χ0v) is 11.8. The van der Waals surface area contributed by atoms with Gasteiger partial charge in [-0.1, -0.05) is 39.0 Å². The first kappa shape index (κ1) is 13.0. The van der Waals surface area contributed by atoms with Gasteiger partial charge in [-0.2, -0.15) is 0 Å². The minimum Gasteiger partial charge on any atom is -0.531 e. The van der Waals surface area contributed by atoms with Gasteiger partial charge < -0.3 is 4.43 Å². The lowest BCUT2D eigenvalue weighted by Gasteiger charge is -2.36. The van der Waals surface area contributed by atoms with Crippen molar-refractivity contribution in [2.75, 3.05) is 0 Å². The molecule has 16 heavy (non-hydrogen) atoms. The van der Waals surface area contributed by atoms with Crippen LogP contribution in [0.2, 0.25) is 18.1 Å². The van der Waals surface area contributed by atoms with Crippen molar-refractivity contribution < 1.29 is 4.43 Å². The SMILES string of the molecule is CC(C)(C)[Si](C)(C)OC(=N)c1ccccc1. The van der Waals surface area contributed by atoms with Gasteiger partial charge in [-0.15, -0.1) is 0 Å². The van der Waals surface area contributed by atoms with E-state index < -0.39 is 8.32 Å². The number of hydrogen-bond acceptors (Lipinski definition) is 2. The number of benzene rings is 1. The summed E-state index contributed by atoms with van der Waals surface area (Å²) in [7, 11) is -1.88. The molecule has 0 aliphatic heterocycles. The Morgan fingerprint density at radius 3 is 2.06 bits per heavy atom. The third-order valence-corrected chi connectivity index (χ3v) is 7.53. The highest BCUT2D eigenvalue weighted by atomic mass is 28.4. The Bertz CT molecular complexity index is 365. The number of rotatable bonds is 2. The average Bonchev–Trinajstić information content (AvgIpc) is 2.16. The number of hydrogen-bond donors (Lipinski definition) is 1. The van der Waals surface area contributed by atoms with Crippen molar-refractivity contribution in [2.45, 2.75) is 38.9 Å². The van der Waals surface area contributed by atoms with Crippen LogP contribution < -0.4 is 0 Å². The van der Waals surface area contributed by atoms with Crippen LogP contribution in [-0.2, 0) is 4.43 Å². The van der Waals surface area contributed by atoms with Crippen molar-refractivity contribution in [1.29, 1.82) is 5.41 Å². The maximum absolute atomic E-state index is 7.98. The molecule has 0 heterocycles. The molecule has 1 aromatic rings. The highest BCUT2D eigenvalue weighted by Gasteiger charge is 2.39. The fraction of sp³-hybridized carbons (Fsp3) is 0.462. The van der Waals surface area contributed by atoms with E-state index in [-0.39, 0.29) is 5.04 Å². The van der Waals surface area contributed by atoms with Crippen molar-refractivity contribution in [3.8, 4) is 0 Å². The van der Waals surface area contributed by atoms with Crippen LogP contribution in [0, 0.1) is 5.41 Å². The predicted octanol–water partition coefficient (Wildman–Crippen LogP) is 4.03. The normalized spacial score (nSPS) is 12.3. The molecule has 0 aliphatic carbocycles. The lowest BCUT2D eigenvalue weighted by Crippen LogP contribution is -2.42. The lowest BCUT2D eigenvalue weighted by atomic mass is 10.2. The summed E-state index contributed by atoms with van der Waals surface area (Å²) in [5.41, 5.74) is 0.854. The fourth-order valence-electron chi connectivity index (χ4n) is 1.06. The zero-order valence-electron chi connectivity index (χ0n) is 10.8. The van der Waals surface area contributed by atoms with Crippen LogP contribution in [0.15, 0.2) is 30.3 Å². The van der Waals surface area contributed by atoms with E-state index in [9.17, 15) is 0 Å². The van der Waals surface area contributed by atoms with E-state index in [1.165, 1.54) is 0 Å². The second kappa shape index (κ2) is 4.42. The summed E-state index contributed by atoms with van der Waals surface area (Å²) in [6.45, 7) is 10.8. The summed E-state index contributed by atoms with van der Waals surface area (Å²) in [5.74, 6) is 0.298. The van der Waals surface area contributed by atoms with E-state index in [4.69, 9.17) is 9.84 Å². The first-order valence-electron chi connectivity index (χ1n) is 5.57. The van der Waals surface area contributed by atoms with Crippen LogP contribution in [0.3, 0.4) is 0 Å². The molecule has 3 heteroatoms. The molecule has 1 N–H and O–H groups in total. The zero-order chi connectivity index (χ0) is 12.4. The van der Waals surface area contributed by atoms with E-state index in [1.807, 2.05) is 30.3 Å². The molecule has 1 rings (SSSR count). The molecular formula is C13H21NOSi. The van der Waals surface area contributed by atoms with Crippen LogP contribution in [0.4, 0.5) is 0 Å². The summed E-state index contributed by atoms with van der Waals surface area (Å²) in [5, 5.41) is 8.11. The summed E-state index contributed by atoms with van der Waals surface area (Å²) >= 11 is 0. The van der Waals surface area contributed by atoms with Gasteiger partial charge in [-0.05, 0) is 30.3 Å². The molecule has 0 amide bonds. The van der Waals surface area contributed by atoms with E-state index in [0.29, 0.717) is 5.90 Å². The Balaban J connectivity index is 2.80. The first-order valence-corrected chi connectivity index (χ1v) is 8.48. The first-order chi connectivity index (χ1) is 7.24. The predicted molar refractivity (Wildman–Crippen MR) is 71.6 cm³/mol. The quantitative estimate of drug-likeness (QED) is 0.468. The molecule has 0 unspecified atom stereocenters. The van der Waals surface area contributed by atoms with Gasteiger partial charge in [-0.25, -0.2) is 0 Å². The van der Waals surface area contributed by atoms with Crippen LogP contribution in [-0.4, -0.2) is 14.2 Å². The topological polar surface area (TPSA) is 33.1 Å². The molecule has 0 saturated carbocycles. The number of nitrogens with one attached hydrogen (secondary N) is 1. The minimum absolute atomic E-state index is 0.133. The van der Waals surface area contributed by atoms with Gasteiger partial charge in [0, 0.05) is 5.56 Å². The molecule has 0 bridgehead atoms. The smallest absolute Gasteiger partial charge is 0.252 e. The lowest BCUT2D eigenvalue weighted by molar-refractivity contribution is 0.483. The van der Waals surface area contributed by atoms with Gasteiger partial charge in [-0.3, -0.25) is 5.41 Å². The summed E-state index contributed by atoms with van der Waals surface area (Å²) in [4.78, 5) is 0. The Kier molecular flexibility index (Phi) is 3.58. The van der Waals surface area contributed by atoms with E-state index >= 15 is 0 Å². The van der Waals surface area contributed by atoms with Gasteiger partial charge in [0.2, 0.25) is 0 Å². The maximum Gasteiger partial charge on any atom is 0.252 e. The molecule has 0 atom stereocenters. The maximum atomic E-state index is 7.98. The molecule has 0 saturated heterocycles. The Morgan fingerprint density at radius 1 is 1.12 bits per heavy atom. The van der Waals surface area contributed by atoms with E-state index in [1.54, 1.807) is 0 Å². The van der Waals surface area contributed by atoms with Crippen molar-refractivity contribution in [2.24, 2.45) is 0 Å². The molecule has 2 nitrogen and oxygen atoms in total. The summed E-state index contributed by atoms with van der Waals surface area (Å²) in [6, 6.07) is 9.63. The average molecular weight is 235 g/mol. The highest BCUT2D eigenvalue weighted by Crippen LogP contribution is 2.36. The van der Waals surface area contributed by atoms with Crippen LogP contribution in [0.5, 0.6) is 0 Å².